The number of carbonyl (C=O) groups is 1. The Hall–Kier alpha value is -2.94. The van der Waals surface area contributed by atoms with Gasteiger partial charge in [0.25, 0.3) is 0 Å². The third kappa shape index (κ3) is 3.87. The number of aryl methyl sites for hydroxylation is 1. The van der Waals surface area contributed by atoms with Crippen LogP contribution in [0.4, 0.5) is 0 Å². The predicted octanol–water partition coefficient (Wildman–Crippen LogP) is 4.99. The van der Waals surface area contributed by atoms with E-state index in [9.17, 15) is 4.79 Å². The van der Waals surface area contributed by atoms with Crippen LogP contribution in [-0.4, -0.2) is 18.1 Å². The Labute approximate surface area is 143 Å². The molecule has 3 heteroatoms. The van der Waals surface area contributed by atoms with Crippen molar-refractivity contribution in [1.29, 1.82) is 0 Å². The quantitative estimate of drug-likeness (QED) is 0.576. The highest BCUT2D eigenvalue weighted by molar-refractivity contribution is 5.96. The zero-order valence-electron chi connectivity index (χ0n) is 14.2. The molecule has 0 fully saturated rings. The minimum atomic E-state index is -0.387. The first-order valence-electron chi connectivity index (χ1n) is 7.72. The number of esters is 1. The predicted molar refractivity (Wildman–Crippen MR) is 98.7 cm³/mol. The SMILES string of the molecule is C=C/C=C(\C=C/C)c1cccc(-c2ncc(C)cc2C(=O)OC)c1. The molecule has 0 bridgehead atoms. The Morgan fingerprint density at radius 1 is 1.29 bits per heavy atom. The van der Waals surface area contributed by atoms with Crippen molar-refractivity contribution in [1.82, 2.24) is 4.98 Å². The Balaban J connectivity index is 2.59. The fourth-order valence-corrected chi connectivity index (χ4v) is 2.47. The molecular formula is C21H21NO2. The minimum absolute atomic E-state index is 0.387. The van der Waals surface area contributed by atoms with Gasteiger partial charge in [0.1, 0.15) is 0 Å². The van der Waals surface area contributed by atoms with Gasteiger partial charge in [-0.25, -0.2) is 4.79 Å². The molecule has 3 nitrogen and oxygen atoms in total. The summed E-state index contributed by atoms with van der Waals surface area (Å²) in [7, 11) is 1.38. The van der Waals surface area contributed by atoms with Gasteiger partial charge in [-0.1, -0.05) is 49.1 Å². The number of pyridine rings is 1. The van der Waals surface area contributed by atoms with Crippen LogP contribution < -0.4 is 0 Å². The second-order valence-electron chi connectivity index (χ2n) is 5.34. The molecule has 0 radical (unpaired) electrons. The summed E-state index contributed by atoms with van der Waals surface area (Å²) in [6.45, 7) is 7.63. The van der Waals surface area contributed by atoms with Gasteiger partial charge in [-0.3, -0.25) is 4.98 Å². The van der Waals surface area contributed by atoms with Crippen molar-refractivity contribution in [3.05, 3.63) is 84.1 Å². The van der Waals surface area contributed by atoms with Crippen molar-refractivity contribution < 1.29 is 9.53 Å². The Bertz CT molecular complexity index is 816. The first kappa shape index (κ1) is 17.4. The molecule has 0 atom stereocenters. The highest BCUT2D eigenvalue weighted by Gasteiger charge is 2.15. The molecule has 0 saturated carbocycles. The van der Waals surface area contributed by atoms with E-state index in [0.29, 0.717) is 11.3 Å². The van der Waals surface area contributed by atoms with Gasteiger partial charge >= 0.3 is 5.97 Å². The third-order valence-electron chi connectivity index (χ3n) is 3.54. The summed E-state index contributed by atoms with van der Waals surface area (Å²) in [4.78, 5) is 16.5. The van der Waals surface area contributed by atoms with Crippen LogP contribution in [0.3, 0.4) is 0 Å². The number of aromatic nitrogens is 1. The standard InChI is InChI=1S/C21H21NO2/c1-5-8-16(9-6-2)17-10-7-11-18(13-17)20-19(21(23)24-4)12-15(3)14-22-20/h5-14H,1H2,2-4H3/b9-6-,16-8+. The van der Waals surface area contributed by atoms with Crippen molar-refractivity contribution in [3.63, 3.8) is 0 Å². The molecule has 1 heterocycles. The fraction of sp³-hybridized carbons (Fsp3) is 0.143. The number of methoxy groups -OCH3 is 1. The molecule has 1 aromatic heterocycles. The molecular weight excluding hydrogens is 298 g/mol. The maximum atomic E-state index is 12.1. The van der Waals surface area contributed by atoms with Crippen molar-refractivity contribution in [3.8, 4) is 11.3 Å². The summed E-state index contributed by atoms with van der Waals surface area (Å²) in [5.41, 5.74) is 4.94. The van der Waals surface area contributed by atoms with Crippen molar-refractivity contribution >= 4 is 11.5 Å². The van der Waals surface area contributed by atoms with Gasteiger partial charge in [0.2, 0.25) is 0 Å². The van der Waals surface area contributed by atoms with E-state index in [0.717, 1.165) is 22.3 Å². The van der Waals surface area contributed by atoms with E-state index >= 15 is 0 Å². The molecule has 0 saturated heterocycles. The molecule has 24 heavy (non-hydrogen) atoms. The summed E-state index contributed by atoms with van der Waals surface area (Å²) in [6.07, 6.45) is 9.45. The Morgan fingerprint density at radius 3 is 2.75 bits per heavy atom. The molecule has 0 aliphatic heterocycles. The summed E-state index contributed by atoms with van der Waals surface area (Å²) < 4.78 is 4.89. The molecule has 122 valence electrons. The number of allylic oxidation sites excluding steroid dienone is 5. The molecule has 0 spiro atoms. The lowest BCUT2D eigenvalue weighted by Crippen LogP contribution is -2.05. The van der Waals surface area contributed by atoms with Crippen LogP contribution in [0, 0.1) is 6.92 Å². The topological polar surface area (TPSA) is 39.2 Å². The lowest BCUT2D eigenvalue weighted by molar-refractivity contribution is 0.0601. The summed E-state index contributed by atoms with van der Waals surface area (Å²) in [5, 5.41) is 0. The van der Waals surface area contributed by atoms with E-state index in [4.69, 9.17) is 4.74 Å². The second kappa shape index (κ2) is 8.06. The van der Waals surface area contributed by atoms with Crippen molar-refractivity contribution in [2.45, 2.75) is 13.8 Å². The molecule has 1 aromatic carbocycles. The van der Waals surface area contributed by atoms with E-state index in [2.05, 4.69) is 11.6 Å². The third-order valence-corrected chi connectivity index (χ3v) is 3.54. The van der Waals surface area contributed by atoms with E-state index in [-0.39, 0.29) is 5.97 Å². The molecule has 0 aliphatic rings. The fourth-order valence-electron chi connectivity index (χ4n) is 2.47. The summed E-state index contributed by atoms with van der Waals surface area (Å²) in [6, 6.07) is 9.72. The number of benzene rings is 1. The average Bonchev–Trinajstić information content (AvgIpc) is 2.61. The van der Waals surface area contributed by atoms with E-state index in [1.165, 1.54) is 7.11 Å². The minimum Gasteiger partial charge on any atom is -0.465 e. The monoisotopic (exact) mass is 319 g/mol. The maximum Gasteiger partial charge on any atom is 0.340 e. The molecule has 0 unspecified atom stereocenters. The zero-order chi connectivity index (χ0) is 17.5. The summed E-state index contributed by atoms with van der Waals surface area (Å²) >= 11 is 0. The average molecular weight is 319 g/mol. The van der Waals surface area contributed by atoms with Gasteiger partial charge < -0.3 is 4.74 Å². The highest BCUT2D eigenvalue weighted by atomic mass is 16.5. The molecule has 0 aliphatic carbocycles. The number of carbonyl (C=O) groups excluding carboxylic acids is 1. The van der Waals surface area contributed by atoms with Gasteiger partial charge in [-0.15, -0.1) is 0 Å². The first-order chi connectivity index (χ1) is 11.6. The smallest absolute Gasteiger partial charge is 0.340 e. The van der Waals surface area contributed by atoms with Gasteiger partial charge in [-0.2, -0.15) is 0 Å². The first-order valence-corrected chi connectivity index (χ1v) is 7.72. The summed E-state index contributed by atoms with van der Waals surface area (Å²) in [5.74, 6) is -0.387. The number of rotatable bonds is 5. The zero-order valence-corrected chi connectivity index (χ0v) is 14.2. The van der Waals surface area contributed by atoms with Gasteiger partial charge in [-0.05, 0) is 42.7 Å². The lowest BCUT2D eigenvalue weighted by Gasteiger charge is -2.10. The molecule has 0 amide bonds. The molecule has 2 aromatic rings. The Kier molecular flexibility index (Phi) is 5.85. The van der Waals surface area contributed by atoms with E-state index < -0.39 is 0 Å². The highest BCUT2D eigenvalue weighted by Crippen LogP contribution is 2.27. The number of hydrogen-bond acceptors (Lipinski definition) is 3. The Morgan fingerprint density at radius 2 is 2.08 bits per heavy atom. The number of nitrogens with zero attached hydrogens (tertiary/aromatic N) is 1. The van der Waals surface area contributed by atoms with E-state index in [1.54, 1.807) is 18.3 Å². The van der Waals surface area contributed by atoms with Crippen LogP contribution in [0.15, 0.2) is 67.4 Å². The van der Waals surface area contributed by atoms with Gasteiger partial charge in [0.05, 0.1) is 18.4 Å². The molecule has 2 rings (SSSR count). The van der Waals surface area contributed by atoms with Crippen molar-refractivity contribution in [2.24, 2.45) is 0 Å². The van der Waals surface area contributed by atoms with Gasteiger partial charge in [0, 0.05) is 11.8 Å². The normalized spacial score (nSPS) is 11.5. The maximum absolute atomic E-state index is 12.1. The van der Waals surface area contributed by atoms with Crippen LogP contribution in [0.25, 0.3) is 16.8 Å². The van der Waals surface area contributed by atoms with Crippen LogP contribution in [0.2, 0.25) is 0 Å². The lowest BCUT2D eigenvalue weighted by atomic mass is 9.98. The molecule has 0 N–H and O–H groups in total. The van der Waals surface area contributed by atoms with Crippen LogP contribution in [0.1, 0.15) is 28.4 Å². The van der Waals surface area contributed by atoms with Gasteiger partial charge in [0.15, 0.2) is 0 Å². The number of hydrogen-bond donors (Lipinski definition) is 0. The second-order valence-corrected chi connectivity index (χ2v) is 5.34. The van der Waals surface area contributed by atoms with E-state index in [1.807, 2.05) is 56.3 Å². The van der Waals surface area contributed by atoms with Crippen LogP contribution in [0.5, 0.6) is 0 Å². The van der Waals surface area contributed by atoms with Crippen LogP contribution >= 0.6 is 0 Å². The number of ether oxygens (including phenoxy) is 1. The van der Waals surface area contributed by atoms with Crippen LogP contribution in [-0.2, 0) is 4.74 Å². The van der Waals surface area contributed by atoms with Crippen molar-refractivity contribution in [2.75, 3.05) is 7.11 Å². The largest absolute Gasteiger partial charge is 0.465 e.